The molecule has 0 saturated heterocycles. The van der Waals surface area contributed by atoms with Crippen molar-refractivity contribution in [2.24, 2.45) is 0 Å². The maximum absolute atomic E-state index is 14.6. The second kappa shape index (κ2) is 9.30. The predicted octanol–water partition coefficient (Wildman–Crippen LogP) is 5.99. The highest BCUT2D eigenvalue weighted by Crippen LogP contribution is 2.34. The van der Waals surface area contributed by atoms with Crippen molar-refractivity contribution in [2.75, 3.05) is 16.4 Å². The maximum atomic E-state index is 14.6. The van der Waals surface area contributed by atoms with Gasteiger partial charge in [-0.25, -0.2) is 28.5 Å². The van der Waals surface area contributed by atoms with E-state index in [0.29, 0.717) is 28.5 Å². The van der Waals surface area contributed by atoms with Gasteiger partial charge in [0.05, 0.1) is 33.5 Å². The molecular weight excluding hydrogens is 476 g/mol. The van der Waals surface area contributed by atoms with Crippen LogP contribution < -0.4 is 16.4 Å². The lowest BCUT2D eigenvalue weighted by Crippen LogP contribution is -2.20. The molecule has 2 heterocycles. The number of amides is 2. The number of carbonyl (C=O) groups is 1. The standard InChI is InChI=1S/C24H22ClF2N7O/c1-24(2,3)21-33-19(20(34-21)17-8-9-29-22(28)30-17)12-4-6-15(27)18(10-12)32-23(35)31-16-7-5-13(26)11-14(16)25/h4-11H,1-3H3,(H,33,34)(H2,28,29,30)(H2,31,32,35). The number of nitrogens with one attached hydrogen (secondary N) is 3. The number of nitrogens with two attached hydrogens (primary N) is 1. The van der Waals surface area contributed by atoms with Gasteiger partial charge in [-0.3, -0.25) is 0 Å². The zero-order valence-corrected chi connectivity index (χ0v) is 19.8. The molecule has 0 aliphatic heterocycles. The summed E-state index contributed by atoms with van der Waals surface area (Å²) in [6.07, 6.45) is 1.53. The van der Waals surface area contributed by atoms with Gasteiger partial charge in [0.2, 0.25) is 5.95 Å². The second-order valence-electron chi connectivity index (χ2n) is 8.76. The third kappa shape index (κ3) is 5.38. The fourth-order valence-electron chi connectivity index (χ4n) is 3.27. The first-order chi connectivity index (χ1) is 16.5. The molecule has 0 spiro atoms. The number of benzene rings is 2. The van der Waals surface area contributed by atoms with Crippen molar-refractivity contribution < 1.29 is 13.6 Å². The minimum absolute atomic E-state index is 0.00868. The molecule has 0 bridgehead atoms. The molecule has 0 saturated carbocycles. The van der Waals surface area contributed by atoms with Gasteiger partial charge in [0, 0.05) is 17.2 Å². The number of aromatic amines is 1. The van der Waals surface area contributed by atoms with Gasteiger partial charge >= 0.3 is 6.03 Å². The van der Waals surface area contributed by atoms with E-state index in [1.165, 1.54) is 24.4 Å². The maximum Gasteiger partial charge on any atom is 0.323 e. The minimum atomic E-state index is -0.754. The Morgan fingerprint density at radius 3 is 2.46 bits per heavy atom. The number of hydrogen-bond acceptors (Lipinski definition) is 5. The van der Waals surface area contributed by atoms with Crippen molar-refractivity contribution >= 4 is 35.0 Å². The van der Waals surface area contributed by atoms with Gasteiger partial charge in [0.1, 0.15) is 17.5 Å². The van der Waals surface area contributed by atoms with E-state index in [-0.39, 0.29) is 27.8 Å². The lowest BCUT2D eigenvalue weighted by atomic mass is 9.96. The molecule has 2 amide bonds. The summed E-state index contributed by atoms with van der Waals surface area (Å²) in [5.41, 5.74) is 7.64. The number of rotatable bonds is 4. The molecule has 2 aromatic heterocycles. The highest BCUT2D eigenvalue weighted by molar-refractivity contribution is 6.33. The van der Waals surface area contributed by atoms with Crippen LogP contribution in [-0.2, 0) is 5.41 Å². The fraction of sp³-hybridized carbons (Fsp3) is 0.167. The van der Waals surface area contributed by atoms with Crippen LogP contribution in [-0.4, -0.2) is 26.0 Å². The van der Waals surface area contributed by atoms with Gasteiger partial charge in [-0.05, 0) is 42.5 Å². The van der Waals surface area contributed by atoms with Crippen LogP contribution in [0.2, 0.25) is 5.02 Å². The predicted molar refractivity (Wildman–Crippen MR) is 132 cm³/mol. The van der Waals surface area contributed by atoms with E-state index in [4.69, 9.17) is 22.3 Å². The van der Waals surface area contributed by atoms with Crippen molar-refractivity contribution in [1.82, 2.24) is 19.9 Å². The third-order valence-corrected chi connectivity index (χ3v) is 5.32. The number of hydrogen-bond donors (Lipinski definition) is 4. The average Bonchev–Trinajstić information content (AvgIpc) is 3.23. The molecule has 0 fully saturated rings. The van der Waals surface area contributed by atoms with E-state index in [2.05, 4.69) is 25.6 Å². The summed E-state index contributed by atoms with van der Waals surface area (Å²) >= 11 is 5.95. The molecule has 0 unspecified atom stereocenters. The average molecular weight is 498 g/mol. The van der Waals surface area contributed by atoms with Crippen LogP contribution in [0.4, 0.5) is 30.9 Å². The van der Waals surface area contributed by atoms with E-state index < -0.39 is 17.7 Å². The fourth-order valence-corrected chi connectivity index (χ4v) is 3.49. The molecule has 0 radical (unpaired) electrons. The Balaban J connectivity index is 1.70. The van der Waals surface area contributed by atoms with Crippen LogP contribution in [0.5, 0.6) is 0 Å². The molecule has 11 heteroatoms. The topological polar surface area (TPSA) is 122 Å². The Morgan fingerprint density at radius 2 is 1.77 bits per heavy atom. The molecular formula is C24H22ClF2N7O. The summed E-state index contributed by atoms with van der Waals surface area (Å²) in [5.74, 6) is -0.428. The van der Waals surface area contributed by atoms with Gasteiger partial charge in [-0.1, -0.05) is 32.4 Å². The monoisotopic (exact) mass is 497 g/mol. The first-order valence-corrected chi connectivity index (χ1v) is 10.9. The molecule has 8 nitrogen and oxygen atoms in total. The highest BCUT2D eigenvalue weighted by atomic mass is 35.5. The van der Waals surface area contributed by atoms with Gasteiger partial charge in [0.25, 0.3) is 0 Å². The minimum Gasteiger partial charge on any atom is -0.368 e. The van der Waals surface area contributed by atoms with Gasteiger partial charge in [-0.15, -0.1) is 0 Å². The van der Waals surface area contributed by atoms with Crippen molar-refractivity contribution in [1.29, 1.82) is 0 Å². The quantitative estimate of drug-likeness (QED) is 0.276. The Hall–Kier alpha value is -4.05. The summed E-state index contributed by atoms with van der Waals surface area (Å²) in [6.45, 7) is 5.99. The first-order valence-electron chi connectivity index (χ1n) is 10.5. The number of halogens is 3. The van der Waals surface area contributed by atoms with Crippen molar-refractivity contribution in [3.63, 3.8) is 0 Å². The lowest BCUT2D eigenvalue weighted by Gasteiger charge is -2.14. The van der Waals surface area contributed by atoms with E-state index in [9.17, 15) is 13.6 Å². The number of aromatic nitrogens is 4. The summed E-state index contributed by atoms with van der Waals surface area (Å²) in [6, 6.07) is 8.67. The number of carbonyl (C=O) groups excluding carboxylic acids is 1. The number of nitrogen functional groups attached to an aromatic ring is 1. The number of urea groups is 1. The normalized spacial score (nSPS) is 11.4. The summed E-state index contributed by atoms with van der Waals surface area (Å²) < 4.78 is 27.9. The smallest absolute Gasteiger partial charge is 0.323 e. The summed E-state index contributed by atoms with van der Waals surface area (Å²) in [5, 5.41) is 4.94. The zero-order chi connectivity index (χ0) is 25.3. The Labute approximate surface area is 205 Å². The molecule has 4 aromatic rings. The van der Waals surface area contributed by atoms with Crippen LogP contribution >= 0.6 is 11.6 Å². The van der Waals surface area contributed by atoms with Crippen LogP contribution in [0.3, 0.4) is 0 Å². The zero-order valence-electron chi connectivity index (χ0n) is 19.1. The van der Waals surface area contributed by atoms with E-state index >= 15 is 0 Å². The van der Waals surface area contributed by atoms with Crippen LogP contribution in [0, 0.1) is 11.6 Å². The van der Waals surface area contributed by atoms with Crippen LogP contribution in [0.25, 0.3) is 22.6 Å². The second-order valence-corrected chi connectivity index (χ2v) is 9.16. The molecule has 5 N–H and O–H groups in total. The molecule has 0 aliphatic carbocycles. The van der Waals surface area contributed by atoms with E-state index in [1.54, 1.807) is 12.1 Å². The first kappa shape index (κ1) is 24.1. The van der Waals surface area contributed by atoms with Crippen molar-refractivity contribution in [3.8, 4) is 22.6 Å². The number of anilines is 3. The third-order valence-electron chi connectivity index (χ3n) is 5.01. The largest absolute Gasteiger partial charge is 0.368 e. The summed E-state index contributed by atoms with van der Waals surface area (Å²) in [7, 11) is 0. The molecule has 35 heavy (non-hydrogen) atoms. The molecule has 2 aromatic carbocycles. The van der Waals surface area contributed by atoms with E-state index in [1.807, 2.05) is 20.8 Å². The Kier molecular flexibility index (Phi) is 6.40. The molecule has 4 rings (SSSR count). The van der Waals surface area contributed by atoms with Gasteiger partial charge < -0.3 is 21.4 Å². The van der Waals surface area contributed by atoms with Crippen LogP contribution in [0.15, 0.2) is 48.7 Å². The SMILES string of the molecule is CC(C)(C)c1nc(-c2ccc(F)c(NC(=O)Nc3ccc(F)cc3Cl)c2)c(-c2ccnc(N)n2)[nH]1. The van der Waals surface area contributed by atoms with Crippen molar-refractivity contribution in [3.05, 3.63) is 71.1 Å². The lowest BCUT2D eigenvalue weighted by molar-refractivity contribution is 0.262. The molecule has 180 valence electrons. The number of imidazole rings is 1. The Morgan fingerprint density at radius 1 is 1.03 bits per heavy atom. The van der Waals surface area contributed by atoms with Gasteiger partial charge in [-0.2, -0.15) is 0 Å². The number of nitrogens with zero attached hydrogens (tertiary/aromatic N) is 3. The molecule has 0 atom stereocenters. The number of H-pyrrole nitrogens is 1. The van der Waals surface area contributed by atoms with Crippen molar-refractivity contribution in [2.45, 2.75) is 26.2 Å². The van der Waals surface area contributed by atoms with Crippen LogP contribution in [0.1, 0.15) is 26.6 Å². The highest BCUT2D eigenvalue weighted by Gasteiger charge is 2.24. The molecule has 0 aliphatic rings. The Bertz CT molecular complexity index is 1420. The van der Waals surface area contributed by atoms with Gasteiger partial charge in [0.15, 0.2) is 0 Å². The van der Waals surface area contributed by atoms with E-state index in [0.717, 1.165) is 12.1 Å². The summed E-state index contributed by atoms with van der Waals surface area (Å²) in [4.78, 5) is 28.7.